The van der Waals surface area contributed by atoms with Gasteiger partial charge in [0.1, 0.15) is 5.02 Å². The second-order valence-electron chi connectivity index (χ2n) is 5.77. The fourth-order valence-electron chi connectivity index (χ4n) is 2.53. The highest BCUT2D eigenvalue weighted by Crippen LogP contribution is 2.19. The third-order valence-electron chi connectivity index (χ3n) is 3.97. The van der Waals surface area contributed by atoms with E-state index in [0.717, 1.165) is 32.6 Å². The van der Waals surface area contributed by atoms with E-state index in [1.807, 2.05) is 22.9 Å². The van der Waals surface area contributed by atoms with Crippen LogP contribution in [0.5, 0.6) is 0 Å². The normalized spacial score (nSPS) is 10.9. The molecule has 0 aliphatic carbocycles. The SMILES string of the molecule is CCN(CC)CCCNC(=S)Nc1nn(Cc2ccccc2)cc1Cl. The van der Waals surface area contributed by atoms with Crippen LogP contribution >= 0.6 is 23.8 Å². The number of hydrogen-bond donors (Lipinski definition) is 2. The average molecular weight is 380 g/mol. The molecule has 0 bridgehead atoms. The Labute approximate surface area is 160 Å². The first kappa shape index (κ1) is 19.7. The van der Waals surface area contributed by atoms with E-state index >= 15 is 0 Å². The smallest absolute Gasteiger partial charge is 0.173 e. The van der Waals surface area contributed by atoms with Crippen LogP contribution in [0.3, 0.4) is 0 Å². The molecule has 5 nitrogen and oxygen atoms in total. The van der Waals surface area contributed by atoms with Gasteiger partial charge in [-0.1, -0.05) is 55.8 Å². The lowest BCUT2D eigenvalue weighted by molar-refractivity contribution is 0.300. The van der Waals surface area contributed by atoms with Gasteiger partial charge < -0.3 is 15.5 Å². The molecule has 0 aliphatic rings. The first-order chi connectivity index (χ1) is 12.1. The number of hydrogen-bond acceptors (Lipinski definition) is 3. The summed E-state index contributed by atoms with van der Waals surface area (Å²) in [5, 5.41) is 11.9. The molecule has 1 aromatic heterocycles. The number of nitrogens with zero attached hydrogens (tertiary/aromatic N) is 3. The van der Waals surface area contributed by atoms with Gasteiger partial charge in [-0.25, -0.2) is 0 Å². The van der Waals surface area contributed by atoms with Gasteiger partial charge in [0.15, 0.2) is 10.9 Å². The van der Waals surface area contributed by atoms with Crippen LogP contribution in [0.2, 0.25) is 5.02 Å². The molecule has 2 rings (SSSR count). The summed E-state index contributed by atoms with van der Waals surface area (Å²) < 4.78 is 1.81. The minimum atomic E-state index is 0.548. The highest BCUT2D eigenvalue weighted by Gasteiger charge is 2.09. The predicted molar refractivity (Wildman–Crippen MR) is 109 cm³/mol. The molecule has 136 valence electrons. The minimum absolute atomic E-state index is 0.548. The molecule has 0 fully saturated rings. The average Bonchev–Trinajstić information content (AvgIpc) is 2.95. The topological polar surface area (TPSA) is 45.1 Å². The van der Waals surface area contributed by atoms with Gasteiger partial charge in [0.2, 0.25) is 0 Å². The summed E-state index contributed by atoms with van der Waals surface area (Å²) in [4.78, 5) is 2.39. The highest BCUT2D eigenvalue weighted by atomic mass is 35.5. The Morgan fingerprint density at radius 3 is 2.64 bits per heavy atom. The fourth-order valence-corrected chi connectivity index (χ4v) is 2.93. The van der Waals surface area contributed by atoms with Gasteiger partial charge in [0.25, 0.3) is 0 Å². The molecule has 0 saturated heterocycles. The van der Waals surface area contributed by atoms with Crippen LogP contribution in [-0.2, 0) is 6.54 Å². The van der Waals surface area contributed by atoms with E-state index in [1.54, 1.807) is 6.20 Å². The zero-order valence-corrected chi connectivity index (χ0v) is 16.4. The number of rotatable bonds is 9. The van der Waals surface area contributed by atoms with Crippen molar-refractivity contribution in [3.05, 3.63) is 47.1 Å². The second kappa shape index (κ2) is 10.4. The van der Waals surface area contributed by atoms with E-state index in [-0.39, 0.29) is 0 Å². The molecular formula is C18H26ClN5S. The monoisotopic (exact) mass is 379 g/mol. The van der Waals surface area contributed by atoms with Crippen LogP contribution in [-0.4, -0.2) is 46.0 Å². The van der Waals surface area contributed by atoms with Crippen LogP contribution in [0.1, 0.15) is 25.8 Å². The van der Waals surface area contributed by atoms with Crippen molar-refractivity contribution in [1.82, 2.24) is 20.0 Å². The zero-order valence-electron chi connectivity index (χ0n) is 14.8. The molecule has 2 N–H and O–H groups in total. The molecule has 1 aromatic carbocycles. The van der Waals surface area contributed by atoms with Gasteiger partial charge in [0.05, 0.1) is 6.54 Å². The maximum absolute atomic E-state index is 6.26. The van der Waals surface area contributed by atoms with Crippen molar-refractivity contribution in [1.29, 1.82) is 0 Å². The summed E-state index contributed by atoms with van der Waals surface area (Å²) in [7, 11) is 0. The van der Waals surface area contributed by atoms with Crippen molar-refractivity contribution in [3.63, 3.8) is 0 Å². The first-order valence-corrected chi connectivity index (χ1v) is 9.45. The second-order valence-corrected chi connectivity index (χ2v) is 6.59. The van der Waals surface area contributed by atoms with E-state index < -0.39 is 0 Å². The Hall–Kier alpha value is -1.63. The molecule has 0 aliphatic heterocycles. The Morgan fingerprint density at radius 2 is 1.96 bits per heavy atom. The molecule has 25 heavy (non-hydrogen) atoms. The molecule has 0 radical (unpaired) electrons. The quantitative estimate of drug-likeness (QED) is 0.514. The number of thiocarbonyl (C=S) groups is 1. The number of halogens is 1. The lowest BCUT2D eigenvalue weighted by Crippen LogP contribution is -2.32. The molecule has 0 atom stereocenters. The third kappa shape index (κ3) is 6.65. The van der Waals surface area contributed by atoms with Crippen LogP contribution in [0.25, 0.3) is 0 Å². The first-order valence-electron chi connectivity index (χ1n) is 8.66. The number of nitrogens with one attached hydrogen (secondary N) is 2. The van der Waals surface area contributed by atoms with Gasteiger partial charge in [-0.15, -0.1) is 0 Å². The van der Waals surface area contributed by atoms with E-state index in [4.69, 9.17) is 23.8 Å². The summed E-state index contributed by atoms with van der Waals surface area (Å²) >= 11 is 11.6. The van der Waals surface area contributed by atoms with Crippen molar-refractivity contribution in [2.75, 3.05) is 31.5 Å². The van der Waals surface area contributed by atoms with Gasteiger partial charge in [-0.3, -0.25) is 4.68 Å². The van der Waals surface area contributed by atoms with Crippen molar-refractivity contribution in [3.8, 4) is 0 Å². The fraction of sp³-hybridized carbons (Fsp3) is 0.444. The molecule has 1 heterocycles. The van der Waals surface area contributed by atoms with Gasteiger partial charge in [-0.2, -0.15) is 5.10 Å². The van der Waals surface area contributed by atoms with Gasteiger partial charge in [-0.05, 0) is 43.8 Å². The Bertz CT molecular complexity index is 655. The Kier molecular flexibility index (Phi) is 8.18. The van der Waals surface area contributed by atoms with Crippen LogP contribution in [0, 0.1) is 0 Å². The van der Waals surface area contributed by atoms with Crippen LogP contribution < -0.4 is 10.6 Å². The standard InChI is InChI=1S/C18H26ClN5S/c1-3-23(4-2)12-8-11-20-18(25)21-17-16(19)14-24(22-17)13-15-9-6-5-7-10-15/h5-7,9-10,14H,3-4,8,11-13H2,1-2H3,(H2,20,21,22,25). The van der Waals surface area contributed by atoms with E-state index in [0.29, 0.717) is 22.5 Å². The number of benzene rings is 1. The van der Waals surface area contributed by atoms with Crippen molar-refractivity contribution < 1.29 is 0 Å². The molecule has 0 amide bonds. The summed E-state index contributed by atoms with van der Waals surface area (Å²) in [6.45, 7) is 9.07. The largest absolute Gasteiger partial charge is 0.362 e. The lowest BCUT2D eigenvalue weighted by Gasteiger charge is -2.18. The number of aromatic nitrogens is 2. The van der Waals surface area contributed by atoms with E-state index in [9.17, 15) is 0 Å². The van der Waals surface area contributed by atoms with Crippen molar-refractivity contribution >= 4 is 34.7 Å². The Balaban J connectivity index is 1.79. The van der Waals surface area contributed by atoms with Crippen molar-refractivity contribution in [2.45, 2.75) is 26.8 Å². The third-order valence-corrected chi connectivity index (χ3v) is 4.49. The maximum atomic E-state index is 6.26. The van der Waals surface area contributed by atoms with Crippen LogP contribution in [0.4, 0.5) is 5.82 Å². The summed E-state index contributed by atoms with van der Waals surface area (Å²) in [5.41, 5.74) is 1.17. The molecule has 0 unspecified atom stereocenters. The molecular weight excluding hydrogens is 354 g/mol. The predicted octanol–water partition coefficient (Wildman–Crippen LogP) is 3.60. The van der Waals surface area contributed by atoms with Gasteiger partial charge in [0, 0.05) is 12.7 Å². The van der Waals surface area contributed by atoms with E-state index in [2.05, 4.69) is 46.6 Å². The summed E-state index contributed by atoms with van der Waals surface area (Å²) in [5.74, 6) is 0.582. The number of anilines is 1. The molecule has 7 heteroatoms. The zero-order chi connectivity index (χ0) is 18.1. The molecule has 2 aromatic rings. The Morgan fingerprint density at radius 1 is 1.24 bits per heavy atom. The maximum Gasteiger partial charge on any atom is 0.173 e. The summed E-state index contributed by atoms with van der Waals surface area (Å²) in [6.07, 6.45) is 2.85. The van der Waals surface area contributed by atoms with Crippen molar-refractivity contribution in [2.24, 2.45) is 0 Å². The van der Waals surface area contributed by atoms with Gasteiger partial charge >= 0.3 is 0 Å². The lowest BCUT2D eigenvalue weighted by atomic mass is 10.2. The molecule has 0 saturated carbocycles. The molecule has 0 spiro atoms. The van der Waals surface area contributed by atoms with E-state index in [1.165, 1.54) is 5.56 Å². The van der Waals surface area contributed by atoms with Crippen LogP contribution in [0.15, 0.2) is 36.5 Å². The summed E-state index contributed by atoms with van der Waals surface area (Å²) in [6, 6.07) is 10.1. The minimum Gasteiger partial charge on any atom is -0.362 e. The highest BCUT2D eigenvalue weighted by molar-refractivity contribution is 7.80.